The van der Waals surface area contributed by atoms with Gasteiger partial charge in [-0.15, -0.1) is 6.42 Å². The SMILES string of the molecule is C#Cc1ccc(-c2cc(C)c(C3C(=O)CC(C(CC)CC)CC3=O)c(C)c2)nc1. The maximum absolute atomic E-state index is 13.0. The van der Waals surface area contributed by atoms with Crippen LogP contribution in [0.25, 0.3) is 11.3 Å². The highest BCUT2D eigenvalue weighted by Crippen LogP contribution is 2.39. The minimum atomic E-state index is -0.619. The van der Waals surface area contributed by atoms with Crippen LogP contribution in [0.1, 0.15) is 67.7 Å². The molecule has 1 fully saturated rings. The number of benzene rings is 1. The number of aromatic nitrogens is 1. The van der Waals surface area contributed by atoms with Crippen LogP contribution in [0.5, 0.6) is 0 Å². The zero-order valence-electron chi connectivity index (χ0n) is 17.8. The van der Waals surface area contributed by atoms with Gasteiger partial charge in [0.1, 0.15) is 17.5 Å². The van der Waals surface area contributed by atoms with Crippen molar-refractivity contribution in [1.29, 1.82) is 0 Å². The predicted molar refractivity (Wildman–Crippen MR) is 117 cm³/mol. The van der Waals surface area contributed by atoms with Gasteiger partial charge in [-0.25, -0.2) is 0 Å². The molecule has 0 atom stereocenters. The van der Waals surface area contributed by atoms with Crippen molar-refractivity contribution in [3.05, 3.63) is 52.7 Å². The van der Waals surface area contributed by atoms with Gasteiger partial charge in [0.2, 0.25) is 0 Å². The molecule has 0 spiro atoms. The zero-order valence-corrected chi connectivity index (χ0v) is 17.8. The summed E-state index contributed by atoms with van der Waals surface area (Å²) in [6, 6.07) is 7.81. The van der Waals surface area contributed by atoms with E-state index in [0.717, 1.165) is 46.4 Å². The third-order valence-electron chi connectivity index (χ3n) is 6.39. The topological polar surface area (TPSA) is 47.0 Å². The van der Waals surface area contributed by atoms with E-state index in [-0.39, 0.29) is 17.5 Å². The van der Waals surface area contributed by atoms with Gasteiger partial charge in [0.05, 0.1) is 5.69 Å². The van der Waals surface area contributed by atoms with Gasteiger partial charge >= 0.3 is 0 Å². The number of aryl methyl sites for hydroxylation is 2. The number of carbonyl (C=O) groups is 2. The van der Waals surface area contributed by atoms with Crippen molar-refractivity contribution in [3.8, 4) is 23.6 Å². The summed E-state index contributed by atoms with van der Waals surface area (Å²) in [5.74, 6) is 2.75. The Morgan fingerprint density at radius 1 is 1.07 bits per heavy atom. The molecule has 0 radical (unpaired) electrons. The van der Waals surface area contributed by atoms with Gasteiger partial charge in [0, 0.05) is 30.2 Å². The maximum Gasteiger partial charge on any atom is 0.148 e. The van der Waals surface area contributed by atoms with Gasteiger partial charge < -0.3 is 0 Å². The molecule has 2 aromatic rings. The number of hydrogen-bond acceptors (Lipinski definition) is 3. The number of Topliss-reactive ketones (excluding diaryl/α,β-unsaturated/α-hetero) is 2. The maximum atomic E-state index is 13.0. The molecular formula is C26H29NO2. The highest BCUT2D eigenvalue weighted by molar-refractivity contribution is 6.10. The molecule has 1 aliphatic carbocycles. The second kappa shape index (κ2) is 8.74. The van der Waals surface area contributed by atoms with Crippen LogP contribution in [0, 0.1) is 38.0 Å². The minimum Gasteiger partial charge on any atom is -0.299 e. The average Bonchev–Trinajstić information content (AvgIpc) is 2.70. The first kappa shape index (κ1) is 21.0. The van der Waals surface area contributed by atoms with Crippen LogP contribution in [0.15, 0.2) is 30.5 Å². The van der Waals surface area contributed by atoms with Crippen molar-refractivity contribution in [1.82, 2.24) is 4.98 Å². The monoisotopic (exact) mass is 387 g/mol. The van der Waals surface area contributed by atoms with Crippen molar-refractivity contribution < 1.29 is 9.59 Å². The fourth-order valence-electron chi connectivity index (χ4n) is 4.84. The fraction of sp³-hybridized carbons (Fsp3) is 0.423. The van der Waals surface area contributed by atoms with Gasteiger partial charge in [0.25, 0.3) is 0 Å². The number of hydrogen-bond donors (Lipinski definition) is 0. The molecule has 0 amide bonds. The first-order valence-electron chi connectivity index (χ1n) is 10.5. The van der Waals surface area contributed by atoms with E-state index in [1.165, 1.54) is 0 Å². The van der Waals surface area contributed by atoms with E-state index in [1.807, 2.05) is 38.1 Å². The average molecular weight is 388 g/mol. The largest absolute Gasteiger partial charge is 0.299 e. The van der Waals surface area contributed by atoms with E-state index in [1.54, 1.807) is 6.20 Å². The lowest BCUT2D eigenvalue weighted by Gasteiger charge is -2.32. The lowest BCUT2D eigenvalue weighted by atomic mass is 9.69. The van der Waals surface area contributed by atoms with Crippen LogP contribution in [0.3, 0.4) is 0 Å². The number of carbonyl (C=O) groups excluding carboxylic acids is 2. The van der Waals surface area contributed by atoms with E-state index in [9.17, 15) is 9.59 Å². The van der Waals surface area contributed by atoms with Gasteiger partial charge in [-0.1, -0.05) is 32.6 Å². The third kappa shape index (κ3) is 4.17. The molecule has 3 heteroatoms. The lowest BCUT2D eigenvalue weighted by Crippen LogP contribution is -2.35. The summed E-state index contributed by atoms with van der Waals surface area (Å²) in [6.45, 7) is 8.25. The van der Waals surface area contributed by atoms with Crippen molar-refractivity contribution >= 4 is 11.6 Å². The van der Waals surface area contributed by atoms with Crippen molar-refractivity contribution in [3.63, 3.8) is 0 Å². The highest BCUT2D eigenvalue weighted by atomic mass is 16.2. The molecule has 3 rings (SSSR count). The van der Waals surface area contributed by atoms with Crippen LogP contribution in [-0.4, -0.2) is 16.6 Å². The Labute approximate surface area is 173 Å². The molecule has 150 valence electrons. The second-order valence-electron chi connectivity index (χ2n) is 8.21. The lowest BCUT2D eigenvalue weighted by molar-refractivity contribution is -0.134. The normalized spacial score (nSPS) is 19.4. The quantitative estimate of drug-likeness (QED) is 0.509. The zero-order chi connectivity index (χ0) is 21.1. The summed E-state index contributed by atoms with van der Waals surface area (Å²) in [7, 11) is 0. The summed E-state index contributed by atoms with van der Waals surface area (Å²) in [4.78, 5) is 30.5. The Bertz CT molecular complexity index is 920. The summed E-state index contributed by atoms with van der Waals surface area (Å²) in [5, 5.41) is 0. The van der Waals surface area contributed by atoms with Crippen LogP contribution in [-0.2, 0) is 9.59 Å². The highest BCUT2D eigenvalue weighted by Gasteiger charge is 2.39. The number of ketones is 2. The molecule has 1 aliphatic rings. The van der Waals surface area contributed by atoms with E-state index in [0.29, 0.717) is 18.8 Å². The summed E-state index contributed by atoms with van der Waals surface area (Å²) < 4.78 is 0. The molecule has 3 nitrogen and oxygen atoms in total. The van der Waals surface area contributed by atoms with Crippen LogP contribution >= 0.6 is 0 Å². The van der Waals surface area contributed by atoms with Gasteiger partial charge in [-0.2, -0.15) is 0 Å². The van der Waals surface area contributed by atoms with Crippen LogP contribution < -0.4 is 0 Å². The van der Waals surface area contributed by atoms with Crippen molar-refractivity contribution in [2.45, 2.75) is 59.3 Å². The molecule has 1 heterocycles. The smallest absolute Gasteiger partial charge is 0.148 e. The van der Waals surface area contributed by atoms with E-state index >= 15 is 0 Å². The number of nitrogens with zero attached hydrogens (tertiary/aromatic N) is 1. The predicted octanol–water partition coefficient (Wildman–Crippen LogP) is 5.41. The standard InChI is InChI=1S/C26H29NO2/c1-6-18-9-10-22(27-15-18)21-11-16(4)25(17(5)12-21)26-23(28)13-20(14-24(26)29)19(7-2)8-3/h1,9-12,15,19-20,26H,7-8,13-14H2,2-5H3. The molecule has 0 unspecified atom stereocenters. The molecule has 0 aliphatic heterocycles. The second-order valence-corrected chi connectivity index (χ2v) is 8.21. The van der Waals surface area contributed by atoms with E-state index < -0.39 is 5.92 Å². The Hall–Kier alpha value is -2.73. The van der Waals surface area contributed by atoms with Gasteiger partial charge in [-0.05, 0) is 66.6 Å². The van der Waals surface area contributed by atoms with Crippen LogP contribution in [0.2, 0.25) is 0 Å². The molecule has 0 N–H and O–H groups in total. The Morgan fingerprint density at radius 3 is 2.10 bits per heavy atom. The molecule has 1 aromatic carbocycles. The Balaban J connectivity index is 1.92. The van der Waals surface area contributed by atoms with Crippen LogP contribution in [0.4, 0.5) is 0 Å². The van der Waals surface area contributed by atoms with Gasteiger partial charge in [0.15, 0.2) is 0 Å². The summed E-state index contributed by atoms with van der Waals surface area (Å²) >= 11 is 0. The van der Waals surface area contributed by atoms with Gasteiger partial charge in [-0.3, -0.25) is 14.6 Å². The number of terminal acetylenes is 1. The number of pyridine rings is 1. The Kier molecular flexibility index (Phi) is 6.33. The van der Waals surface area contributed by atoms with Crippen molar-refractivity contribution in [2.75, 3.05) is 0 Å². The molecule has 29 heavy (non-hydrogen) atoms. The van der Waals surface area contributed by atoms with E-state index in [2.05, 4.69) is 24.8 Å². The third-order valence-corrected chi connectivity index (χ3v) is 6.39. The molecule has 1 saturated carbocycles. The Morgan fingerprint density at radius 2 is 1.66 bits per heavy atom. The summed E-state index contributed by atoms with van der Waals surface area (Å²) in [5.41, 5.74) is 5.36. The minimum absolute atomic E-state index is 0.0774. The first-order valence-corrected chi connectivity index (χ1v) is 10.5. The first-order chi connectivity index (χ1) is 13.9. The van der Waals surface area contributed by atoms with Crippen molar-refractivity contribution in [2.24, 2.45) is 11.8 Å². The molecule has 0 bridgehead atoms. The summed E-state index contributed by atoms with van der Waals surface area (Å²) in [6.07, 6.45) is 10.1. The fourth-order valence-corrected chi connectivity index (χ4v) is 4.84. The molecule has 1 aromatic heterocycles. The molecular weight excluding hydrogens is 358 g/mol. The molecule has 0 saturated heterocycles. The number of rotatable bonds is 5. The van der Waals surface area contributed by atoms with E-state index in [4.69, 9.17) is 6.42 Å².